The minimum atomic E-state index is -1.26. The summed E-state index contributed by atoms with van der Waals surface area (Å²) in [7, 11) is 0. The van der Waals surface area contributed by atoms with Gasteiger partial charge in [-0.15, -0.1) is 0 Å². The van der Waals surface area contributed by atoms with Crippen LogP contribution in [0.3, 0.4) is 0 Å². The van der Waals surface area contributed by atoms with Crippen LogP contribution in [0.15, 0.2) is 72.8 Å². The van der Waals surface area contributed by atoms with E-state index in [9.17, 15) is 39.6 Å². The van der Waals surface area contributed by atoms with E-state index in [1.165, 1.54) is 112 Å². The van der Waals surface area contributed by atoms with Crippen molar-refractivity contribution in [3.05, 3.63) is 95.1 Å². The number of carbonyl (C=O) groups is 4. The number of aromatic carboxylic acids is 4. The van der Waals surface area contributed by atoms with Gasteiger partial charge >= 0.3 is 33.0 Å². The molecule has 10 nitrogen and oxygen atoms in total. The maximum atomic E-state index is 10.6. The Labute approximate surface area is 261 Å². The van der Waals surface area contributed by atoms with Crippen molar-refractivity contribution in [1.29, 1.82) is 0 Å². The summed E-state index contributed by atoms with van der Waals surface area (Å²) in [6, 6.07) is 17.4. The average molecular weight is 658 g/mol. The number of carboxylic acid groups (broad SMARTS) is 4. The fourth-order valence-corrected chi connectivity index (χ4v) is 4.52. The summed E-state index contributed by atoms with van der Waals surface area (Å²) >= 11 is 0. The van der Waals surface area contributed by atoms with E-state index in [1.807, 2.05) is 0 Å². The summed E-state index contributed by atoms with van der Waals surface area (Å²) in [5.74, 6) is -5.03. The Balaban J connectivity index is 0.000000225. The number of nitrogens with zero attached hydrogens (tertiary/aromatic N) is 2. The SMILES string of the molecule is C1CN2CCN1CC2.O=C([O-])c1ccc2cc(C(=O)[O-])ccc2c1.O=C([O-])c1ccc2cc(C(=O)[O-])ccc2c1.[Ni+2].[Ni+3]. The van der Waals surface area contributed by atoms with Gasteiger partial charge in [-0.2, -0.15) is 0 Å². The van der Waals surface area contributed by atoms with Crippen LogP contribution in [0, 0.1) is 0 Å². The molecule has 0 amide bonds. The van der Waals surface area contributed by atoms with Gasteiger partial charge in [-0.25, -0.2) is 0 Å². The second kappa shape index (κ2) is 15.4. The molecule has 3 saturated heterocycles. The zero-order chi connectivity index (χ0) is 28.8. The van der Waals surface area contributed by atoms with E-state index in [4.69, 9.17) is 0 Å². The molecule has 2 bridgehead atoms. The van der Waals surface area contributed by atoms with Crippen molar-refractivity contribution in [3.63, 3.8) is 0 Å². The summed E-state index contributed by atoms with van der Waals surface area (Å²) in [4.78, 5) is 47.5. The first-order chi connectivity index (χ1) is 19.1. The molecule has 4 aromatic rings. The van der Waals surface area contributed by atoms with Crippen LogP contribution in [0.2, 0.25) is 0 Å². The molecule has 0 aliphatic carbocycles. The van der Waals surface area contributed by atoms with E-state index < -0.39 is 23.9 Å². The van der Waals surface area contributed by atoms with E-state index >= 15 is 0 Å². The standard InChI is InChI=1S/2C12H8O4.C6H12N2.2Ni/c2*13-11(14)9-3-1-7-5-10(12(15)16)4-2-8(7)6-9;1-2-8-5-3-7(1)4-6-8;;/h2*1-6H,(H,13,14)(H,15,16);1-6H2;;/q;;;+2;+3/p-4. The number of carbonyl (C=O) groups excluding carboxylic acids is 4. The van der Waals surface area contributed by atoms with Gasteiger partial charge in [0.05, 0.1) is 23.9 Å². The van der Waals surface area contributed by atoms with Crippen LogP contribution in [0.4, 0.5) is 0 Å². The molecule has 3 aliphatic heterocycles. The third-order valence-corrected chi connectivity index (χ3v) is 6.82. The van der Waals surface area contributed by atoms with Crippen molar-refractivity contribution in [3.8, 4) is 0 Å². The Morgan fingerprint density at radius 3 is 0.762 bits per heavy atom. The quantitative estimate of drug-likeness (QED) is 0.242. The number of benzene rings is 4. The third kappa shape index (κ3) is 8.84. The molecule has 221 valence electrons. The number of piperazine rings is 3. The molecule has 0 unspecified atom stereocenters. The van der Waals surface area contributed by atoms with Crippen molar-refractivity contribution in [2.24, 2.45) is 0 Å². The number of hydrogen-bond donors (Lipinski definition) is 0. The minimum absolute atomic E-state index is 0. The normalized spacial score (nSPS) is 16.4. The molecular formula is C30H24N2Ni2O8+. The topological polar surface area (TPSA) is 167 Å². The summed E-state index contributed by atoms with van der Waals surface area (Å²) in [6.07, 6.45) is 0. The second-order valence-electron chi connectivity index (χ2n) is 9.39. The van der Waals surface area contributed by atoms with Crippen molar-refractivity contribution >= 4 is 45.4 Å². The monoisotopic (exact) mass is 656 g/mol. The van der Waals surface area contributed by atoms with E-state index in [0.29, 0.717) is 21.5 Å². The maximum Gasteiger partial charge on any atom is 3.00 e. The van der Waals surface area contributed by atoms with Gasteiger partial charge in [0.1, 0.15) is 0 Å². The van der Waals surface area contributed by atoms with Crippen LogP contribution in [-0.4, -0.2) is 72.9 Å². The molecule has 3 heterocycles. The van der Waals surface area contributed by atoms with E-state index in [0.717, 1.165) is 0 Å². The molecule has 4 aromatic carbocycles. The maximum absolute atomic E-state index is 10.6. The number of rotatable bonds is 4. The van der Waals surface area contributed by atoms with E-state index in [2.05, 4.69) is 9.80 Å². The average Bonchev–Trinajstić information content (AvgIpc) is 2.97. The Morgan fingerprint density at radius 2 is 0.619 bits per heavy atom. The van der Waals surface area contributed by atoms with Gasteiger partial charge in [-0.1, -0.05) is 48.5 Å². The molecule has 0 aromatic heterocycles. The summed E-state index contributed by atoms with van der Waals surface area (Å²) in [5, 5.41) is 45.0. The van der Waals surface area contributed by atoms with Crippen LogP contribution < -0.4 is 20.4 Å². The van der Waals surface area contributed by atoms with Gasteiger partial charge in [0.15, 0.2) is 0 Å². The predicted octanol–water partition coefficient (Wildman–Crippen LogP) is -1.25. The fraction of sp³-hybridized carbons (Fsp3) is 0.200. The molecule has 42 heavy (non-hydrogen) atoms. The third-order valence-electron chi connectivity index (χ3n) is 6.82. The van der Waals surface area contributed by atoms with Crippen LogP contribution >= 0.6 is 0 Å². The summed E-state index contributed by atoms with van der Waals surface area (Å²) < 4.78 is 0. The number of fused-ring (bicyclic) bond motifs is 5. The number of hydrogen-bond acceptors (Lipinski definition) is 10. The summed E-state index contributed by atoms with van der Waals surface area (Å²) in [6.45, 7) is 7.92. The molecule has 7 rings (SSSR count). The zero-order valence-corrected chi connectivity index (χ0v) is 23.9. The first kappa shape index (κ1) is 34.4. The first-order valence-corrected chi connectivity index (χ1v) is 12.5. The van der Waals surface area contributed by atoms with Gasteiger partial charge in [0.25, 0.3) is 0 Å². The van der Waals surface area contributed by atoms with Crippen LogP contribution in [-0.2, 0) is 33.0 Å². The largest absolute Gasteiger partial charge is 3.00 e. The van der Waals surface area contributed by atoms with Crippen molar-refractivity contribution < 1.29 is 72.6 Å². The molecule has 0 atom stereocenters. The molecule has 12 heteroatoms. The molecule has 0 N–H and O–H groups in total. The van der Waals surface area contributed by atoms with E-state index in [1.54, 1.807) is 0 Å². The molecule has 3 aliphatic rings. The fourth-order valence-electron chi connectivity index (χ4n) is 4.52. The molecule has 3 fully saturated rings. The van der Waals surface area contributed by atoms with Gasteiger partial charge in [-0.3, -0.25) is 9.80 Å². The Morgan fingerprint density at radius 1 is 0.429 bits per heavy atom. The van der Waals surface area contributed by atoms with Gasteiger partial charge in [0.2, 0.25) is 0 Å². The van der Waals surface area contributed by atoms with Gasteiger partial charge in [0, 0.05) is 39.3 Å². The zero-order valence-electron chi connectivity index (χ0n) is 22.0. The first-order valence-electron chi connectivity index (χ1n) is 12.5. The molecule has 0 spiro atoms. The van der Waals surface area contributed by atoms with Crippen LogP contribution in [0.1, 0.15) is 41.4 Å². The van der Waals surface area contributed by atoms with Crippen molar-refractivity contribution in [1.82, 2.24) is 9.80 Å². The Hall–Kier alpha value is -3.81. The van der Waals surface area contributed by atoms with Crippen LogP contribution in [0.5, 0.6) is 0 Å². The Bertz CT molecular complexity index is 1370. The summed E-state index contributed by atoms with van der Waals surface area (Å²) in [5.41, 5.74) is 0.254. The van der Waals surface area contributed by atoms with E-state index in [-0.39, 0.29) is 55.2 Å². The second-order valence-corrected chi connectivity index (χ2v) is 9.39. The molecule has 1 radical (unpaired) electrons. The van der Waals surface area contributed by atoms with Crippen molar-refractivity contribution in [2.75, 3.05) is 39.3 Å². The van der Waals surface area contributed by atoms with Gasteiger partial charge in [-0.05, 0) is 68.1 Å². The number of carboxylic acids is 4. The Kier molecular flexibility index (Phi) is 12.6. The molecular weight excluding hydrogens is 634 g/mol. The molecule has 0 saturated carbocycles. The predicted molar refractivity (Wildman–Crippen MR) is 138 cm³/mol. The van der Waals surface area contributed by atoms with Crippen LogP contribution in [0.25, 0.3) is 21.5 Å². The smallest absolute Gasteiger partial charge is 0.545 e. The van der Waals surface area contributed by atoms with Crippen molar-refractivity contribution in [2.45, 2.75) is 0 Å². The minimum Gasteiger partial charge on any atom is -0.545 e. The van der Waals surface area contributed by atoms with Gasteiger partial charge < -0.3 is 39.6 Å².